The van der Waals surface area contributed by atoms with Gasteiger partial charge < -0.3 is 9.72 Å². The van der Waals surface area contributed by atoms with Crippen LogP contribution in [0.4, 0.5) is 0 Å². The summed E-state index contributed by atoms with van der Waals surface area (Å²) in [4.78, 5) is 14.7. The van der Waals surface area contributed by atoms with Crippen molar-refractivity contribution in [2.24, 2.45) is 0 Å². The van der Waals surface area contributed by atoms with E-state index in [4.69, 9.17) is 27.9 Å². The van der Waals surface area contributed by atoms with Gasteiger partial charge >= 0.3 is 5.97 Å². The Hall–Kier alpha value is -2.02. The summed E-state index contributed by atoms with van der Waals surface area (Å²) in [6, 6.07) is 10.4. The van der Waals surface area contributed by atoms with E-state index in [1.54, 1.807) is 12.1 Å². The van der Waals surface area contributed by atoms with Gasteiger partial charge in [-0.3, -0.25) is 0 Å². The molecule has 0 atom stereocenters. The maximum atomic E-state index is 13.1. The molecular formula is C16H11Cl2NO4S. The van der Waals surface area contributed by atoms with Crippen LogP contribution >= 0.6 is 23.2 Å². The van der Waals surface area contributed by atoms with Crippen molar-refractivity contribution in [3.8, 4) is 0 Å². The second kappa shape index (κ2) is 6.12. The number of fused-ring (bicyclic) bond motifs is 1. The average Bonchev–Trinajstić information content (AvgIpc) is 2.93. The Balaban J connectivity index is 2.36. The number of aromatic nitrogens is 1. The molecular weight excluding hydrogens is 373 g/mol. The highest BCUT2D eigenvalue weighted by Crippen LogP contribution is 2.34. The van der Waals surface area contributed by atoms with E-state index in [0.29, 0.717) is 20.9 Å². The van der Waals surface area contributed by atoms with Gasteiger partial charge in [0.05, 0.1) is 12.0 Å². The van der Waals surface area contributed by atoms with Gasteiger partial charge in [0.15, 0.2) is 0 Å². The second-order valence-electron chi connectivity index (χ2n) is 4.97. The van der Waals surface area contributed by atoms with Crippen molar-refractivity contribution in [2.75, 3.05) is 7.11 Å². The van der Waals surface area contributed by atoms with Crippen molar-refractivity contribution in [3.63, 3.8) is 0 Å². The zero-order valence-corrected chi connectivity index (χ0v) is 14.7. The number of hydrogen-bond donors (Lipinski definition) is 1. The molecule has 0 aliphatic heterocycles. The van der Waals surface area contributed by atoms with Gasteiger partial charge in [0.25, 0.3) is 0 Å². The number of H-pyrrole nitrogens is 1. The Kier molecular flexibility index (Phi) is 4.29. The van der Waals surface area contributed by atoms with Gasteiger partial charge in [-0.2, -0.15) is 0 Å². The molecule has 1 aromatic heterocycles. The maximum Gasteiger partial charge on any atom is 0.355 e. The minimum atomic E-state index is -3.99. The zero-order chi connectivity index (χ0) is 17.5. The molecule has 124 valence electrons. The van der Waals surface area contributed by atoms with Gasteiger partial charge in [-0.05, 0) is 42.5 Å². The van der Waals surface area contributed by atoms with E-state index < -0.39 is 15.8 Å². The normalized spacial score (nSPS) is 11.6. The van der Waals surface area contributed by atoms with E-state index in [-0.39, 0.29) is 15.5 Å². The third-order valence-corrected chi connectivity index (χ3v) is 5.84. The molecule has 0 radical (unpaired) electrons. The lowest BCUT2D eigenvalue weighted by Crippen LogP contribution is -2.10. The lowest BCUT2D eigenvalue weighted by molar-refractivity contribution is 0.0590. The first-order valence-corrected chi connectivity index (χ1v) is 8.98. The number of ether oxygens (including phenoxy) is 1. The average molecular weight is 384 g/mol. The highest BCUT2D eigenvalue weighted by Gasteiger charge is 2.30. The van der Waals surface area contributed by atoms with Crippen LogP contribution in [0.5, 0.6) is 0 Å². The molecule has 0 aliphatic carbocycles. The van der Waals surface area contributed by atoms with Gasteiger partial charge in [0.2, 0.25) is 9.84 Å². The zero-order valence-electron chi connectivity index (χ0n) is 12.3. The summed E-state index contributed by atoms with van der Waals surface area (Å²) in [6.45, 7) is 0. The van der Waals surface area contributed by atoms with Crippen molar-refractivity contribution in [2.45, 2.75) is 9.79 Å². The Bertz CT molecular complexity index is 1040. The van der Waals surface area contributed by atoms with Gasteiger partial charge in [0.1, 0.15) is 10.6 Å². The number of halogens is 2. The highest BCUT2D eigenvalue weighted by atomic mass is 35.5. The third kappa shape index (κ3) is 2.77. The molecule has 3 rings (SSSR count). The molecule has 0 fully saturated rings. The molecule has 1 heterocycles. The molecule has 5 nitrogen and oxygen atoms in total. The predicted molar refractivity (Wildman–Crippen MR) is 91.6 cm³/mol. The van der Waals surface area contributed by atoms with Crippen LogP contribution in [-0.2, 0) is 14.6 Å². The fraction of sp³-hybridized carbons (Fsp3) is 0.0625. The van der Waals surface area contributed by atoms with Gasteiger partial charge in [-0.1, -0.05) is 23.2 Å². The van der Waals surface area contributed by atoms with Crippen LogP contribution in [0.1, 0.15) is 10.5 Å². The Labute approximate surface area is 148 Å². The number of carbonyl (C=O) groups is 1. The molecule has 0 saturated carbocycles. The summed E-state index contributed by atoms with van der Waals surface area (Å²) >= 11 is 11.8. The van der Waals surface area contributed by atoms with Crippen LogP contribution in [0.2, 0.25) is 10.0 Å². The molecule has 0 amide bonds. The lowest BCUT2D eigenvalue weighted by Gasteiger charge is -2.06. The van der Waals surface area contributed by atoms with E-state index in [0.717, 1.165) is 0 Å². The van der Waals surface area contributed by atoms with Crippen LogP contribution in [0, 0.1) is 0 Å². The Morgan fingerprint density at radius 2 is 1.67 bits per heavy atom. The number of carbonyl (C=O) groups excluding carboxylic acids is 1. The second-order valence-corrected chi connectivity index (χ2v) is 7.73. The number of methoxy groups -OCH3 is 1. The van der Waals surface area contributed by atoms with Crippen molar-refractivity contribution in [1.29, 1.82) is 0 Å². The number of sulfone groups is 1. The number of aromatic amines is 1. The predicted octanol–water partition coefficient (Wildman–Crippen LogP) is 4.09. The van der Waals surface area contributed by atoms with E-state index >= 15 is 0 Å². The first-order chi connectivity index (χ1) is 11.3. The fourth-order valence-corrected chi connectivity index (χ4v) is 4.29. The molecule has 0 bridgehead atoms. The molecule has 0 spiro atoms. The number of esters is 1. The lowest BCUT2D eigenvalue weighted by atomic mass is 10.2. The third-order valence-electron chi connectivity index (χ3n) is 3.50. The molecule has 8 heteroatoms. The van der Waals surface area contributed by atoms with E-state index in [2.05, 4.69) is 4.98 Å². The minimum Gasteiger partial charge on any atom is -0.464 e. The molecule has 0 aliphatic rings. The van der Waals surface area contributed by atoms with Crippen molar-refractivity contribution in [1.82, 2.24) is 4.98 Å². The number of benzene rings is 2. The summed E-state index contributed by atoms with van der Waals surface area (Å²) in [5.74, 6) is -0.783. The van der Waals surface area contributed by atoms with Gasteiger partial charge in [-0.15, -0.1) is 0 Å². The number of hydrogen-bond acceptors (Lipinski definition) is 4. The number of rotatable bonds is 3. The summed E-state index contributed by atoms with van der Waals surface area (Å²) < 4.78 is 30.8. The summed E-state index contributed by atoms with van der Waals surface area (Å²) in [5.41, 5.74) is 0.317. The number of nitrogens with one attached hydrogen (secondary N) is 1. The Morgan fingerprint density at radius 3 is 2.29 bits per heavy atom. The first-order valence-electron chi connectivity index (χ1n) is 6.75. The maximum absolute atomic E-state index is 13.1. The van der Waals surface area contributed by atoms with Gasteiger partial charge in [-0.25, -0.2) is 13.2 Å². The summed E-state index contributed by atoms with van der Waals surface area (Å²) in [7, 11) is -2.81. The largest absolute Gasteiger partial charge is 0.464 e. The van der Waals surface area contributed by atoms with Crippen LogP contribution in [0.3, 0.4) is 0 Å². The molecule has 0 saturated heterocycles. The van der Waals surface area contributed by atoms with E-state index in [9.17, 15) is 13.2 Å². The van der Waals surface area contributed by atoms with Crippen molar-refractivity contribution in [3.05, 3.63) is 58.2 Å². The summed E-state index contributed by atoms with van der Waals surface area (Å²) in [6.07, 6.45) is 0. The monoisotopic (exact) mass is 383 g/mol. The molecule has 2 aromatic carbocycles. The van der Waals surface area contributed by atoms with Crippen LogP contribution in [0.15, 0.2) is 52.3 Å². The van der Waals surface area contributed by atoms with Gasteiger partial charge in [0, 0.05) is 20.9 Å². The quantitative estimate of drug-likeness (QED) is 0.690. The van der Waals surface area contributed by atoms with Crippen molar-refractivity contribution < 1.29 is 17.9 Å². The smallest absolute Gasteiger partial charge is 0.355 e. The summed E-state index contributed by atoms with van der Waals surface area (Å²) in [5, 5.41) is 1.08. The molecule has 1 N–H and O–H groups in total. The van der Waals surface area contributed by atoms with Crippen LogP contribution in [-0.4, -0.2) is 26.5 Å². The topological polar surface area (TPSA) is 76.2 Å². The molecule has 0 unspecified atom stereocenters. The highest BCUT2D eigenvalue weighted by molar-refractivity contribution is 7.91. The Morgan fingerprint density at radius 1 is 1.04 bits per heavy atom. The minimum absolute atomic E-state index is 0.0120. The standard InChI is InChI=1S/C16H11Cl2NO4S/c1-23-16(20)14-15(12-8-10(18)4-7-13(12)19-14)24(21,22)11-5-2-9(17)3-6-11/h2-8,19H,1H3. The fourth-order valence-electron chi connectivity index (χ4n) is 2.40. The van der Waals surface area contributed by atoms with Crippen molar-refractivity contribution >= 4 is 49.9 Å². The molecule has 3 aromatic rings. The SMILES string of the molecule is COC(=O)c1[nH]c2ccc(Cl)cc2c1S(=O)(=O)c1ccc(Cl)cc1. The van der Waals surface area contributed by atoms with Crippen LogP contribution in [0.25, 0.3) is 10.9 Å². The van der Waals surface area contributed by atoms with Crippen LogP contribution < -0.4 is 0 Å². The van der Waals surface area contributed by atoms with E-state index in [1.165, 1.54) is 37.4 Å². The molecule has 24 heavy (non-hydrogen) atoms. The first kappa shape index (κ1) is 16.8. The van der Waals surface area contributed by atoms with E-state index in [1.807, 2.05) is 0 Å².